The number of nitrogens with zero attached hydrogens (tertiary/aromatic N) is 1. The smallest absolute Gasteiger partial charge is 0.264 e. The number of aromatic nitrogens is 1. The number of halogens is 3. The lowest BCUT2D eigenvalue weighted by molar-refractivity contribution is 0.102. The Labute approximate surface area is 123 Å². The number of carbonyl (C=O) groups excluding carboxylic acids is 1. The van der Waals surface area contributed by atoms with Crippen LogP contribution in [0, 0.1) is 11.6 Å². The van der Waals surface area contributed by atoms with Crippen molar-refractivity contribution in [2.45, 2.75) is 4.90 Å². The van der Waals surface area contributed by atoms with E-state index < -0.39 is 31.5 Å². The number of anilines is 1. The molecular weight excluding hydrogens is 326 g/mol. The molecule has 0 atom stereocenters. The number of pyridine rings is 1. The fourth-order valence-corrected chi connectivity index (χ4v) is 2.43. The van der Waals surface area contributed by atoms with E-state index in [9.17, 15) is 22.0 Å². The van der Waals surface area contributed by atoms with Crippen LogP contribution in [0.15, 0.2) is 41.6 Å². The lowest BCUT2D eigenvalue weighted by Crippen LogP contribution is -2.14. The SMILES string of the molecule is O=C(Nc1ccc(S(=O)(=O)Cl)c(F)c1)c1ccncc1F. The Morgan fingerprint density at radius 2 is 1.90 bits per heavy atom. The first kappa shape index (κ1) is 15.3. The fourth-order valence-electron chi connectivity index (χ4n) is 1.53. The molecule has 1 aromatic heterocycles. The van der Waals surface area contributed by atoms with Gasteiger partial charge in [0.25, 0.3) is 15.0 Å². The van der Waals surface area contributed by atoms with E-state index in [0.29, 0.717) is 0 Å². The maximum atomic E-state index is 13.6. The Kier molecular flexibility index (Phi) is 4.19. The molecule has 0 bridgehead atoms. The van der Waals surface area contributed by atoms with Gasteiger partial charge in [0.1, 0.15) is 10.7 Å². The monoisotopic (exact) mass is 332 g/mol. The van der Waals surface area contributed by atoms with Gasteiger partial charge in [-0.3, -0.25) is 9.78 Å². The fraction of sp³-hybridized carbons (Fsp3) is 0. The Bertz CT molecular complexity index is 812. The van der Waals surface area contributed by atoms with E-state index in [0.717, 1.165) is 30.5 Å². The second-order valence-corrected chi connectivity index (χ2v) is 6.43. The summed E-state index contributed by atoms with van der Waals surface area (Å²) in [7, 11) is 0.806. The number of rotatable bonds is 3. The van der Waals surface area contributed by atoms with Crippen molar-refractivity contribution >= 4 is 31.3 Å². The average molecular weight is 333 g/mol. The first-order valence-corrected chi connectivity index (χ1v) is 7.75. The second kappa shape index (κ2) is 5.74. The van der Waals surface area contributed by atoms with Crippen molar-refractivity contribution in [2.24, 2.45) is 0 Å². The first-order chi connectivity index (χ1) is 9.79. The average Bonchev–Trinajstić information content (AvgIpc) is 2.37. The van der Waals surface area contributed by atoms with Gasteiger partial charge >= 0.3 is 0 Å². The van der Waals surface area contributed by atoms with Crippen molar-refractivity contribution in [2.75, 3.05) is 5.32 Å². The van der Waals surface area contributed by atoms with Gasteiger partial charge in [-0.25, -0.2) is 17.2 Å². The van der Waals surface area contributed by atoms with E-state index in [-0.39, 0.29) is 11.3 Å². The largest absolute Gasteiger partial charge is 0.322 e. The van der Waals surface area contributed by atoms with Crippen molar-refractivity contribution in [3.63, 3.8) is 0 Å². The molecule has 0 radical (unpaired) electrons. The molecule has 5 nitrogen and oxygen atoms in total. The number of hydrogen-bond acceptors (Lipinski definition) is 4. The van der Waals surface area contributed by atoms with Gasteiger partial charge in [-0.05, 0) is 24.3 Å². The van der Waals surface area contributed by atoms with Crippen LogP contribution in [0.25, 0.3) is 0 Å². The van der Waals surface area contributed by atoms with Crippen LogP contribution in [-0.4, -0.2) is 19.3 Å². The van der Waals surface area contributed by atoms with E-state index in [4.69, 9.17) is 10.7 Å². The van der Waals surface area contributed by atoms with E-state index in [2.05, 4.69) is 10.3 Å². The lowest BCUT2D eigenvalue weighted by Gasteiger charge is -2.07. The van der Waals surface area contributed by atoms with Gasteiger partial charge < -0.3 is 5.32 Å². The van der Waals surface area contributed by atoms with Crippen LogP contribution in [0.5, 0.6) is 0 Å². The van der Waals surface area contributed by atoms with Gasteiger partial charge in [0.05, 0.1) is 11.8 Å². The zero-order valence-corrected chi connectivity index (χ0v) is 11.8. The molecule has 0 fully saturated rings. The highest BCUT2D eigenvalue weighted by molar-refractivity contribution is 8.13. The summed E-state index contributed by atoms with van der Waals surface area (Å²) in [5.41, 5.74) is -0.322. The summed E-state index contributed by atoms with van der Waals surface area (Å²) >= 11 is 0. The van der Waals surface area contributed by atoms with E-state index >= 15 is 0 Å². The minimum atomic E-state index is -4.22. The van der Waals surface area contributed by atoms with Gasteiger partial charge in [0.15, 0.2) is 5.82 Å². The van der Waals surface area contributed by atoms with Crippen molar-refractivity contribution in [3.8, 4) is 0 Å². The summed E-state index contributed by atoms with van der Waals surface area (Å²) in [5.74, 6) is -2.79. The number of amides is 1. The molecular formula is C12H7ClF2N2O3S. The second-order valence-electron chi connectivity index (χ2n) is 3.89. The molecule has 0 saturated carbocycles. The minimum Gasteiger partial charge on any atom is -0.322 e. The molecule has 9 heteroatoms. The number of nitrogens with one attached hydrogen (secondary N) is 1. The van der Waals surface area contributed by atoms with Gasteiger partial charge in [0, 0.05) is 22.6 Å². The summed E-state index contributed by atoms with van der Waals surface area (Å²) < 4.78 is 49.0. The molecule has 0 spiro atoms. The molecule has 0 aliphatic rings. The topological polar surface area (TPSA) is 76.1 Å². The minimum absolute atomic E-state index is 0.0437. The zero-order valence-electron chi connectivity index (χ0n) is 10.2. The van der Waals surface area contributed by atoms with E-state index in [1.165, 1.54) is 6.20 Å². The highest BCUT2D eigenvalue weighted by Crippen LogP contribution is 2.22. The van der Waals surface area contributed by atoms with Crippen molar-refractivity contribution in [1.29, 1.82) is 0 Å². The van der Waals surface area contributed by atoms with Crippen LogP contribution < -0.4 is 5.32 Å². The summed E-state index contributed by atoms with van der Waals surface area (Å²) in [6, 6.07) is 3.95. The molecule has 0 unspecified atom stereocenters. The van der Waals surface area contributed by atoms with Crippen LogP contribution in [0.1, 0.15) is 10.4 Å². The number of hydrogen-bond donors (Lipinski definition) is 1. The van der Waals surface area contributed by atoms with Crippen molar-refractivity contribution in [1.82, 2.24) is 4.98 Å². The van der Waals surface area contributed by atoms with Crippen LogP contribution in [0.3, 0.4) is 0 Å². The lowest BCUT2D eigenvalue weighted by atomic mass is 10.2. The quantitative estimate of drug-likeness (QED) is 0.876. The predicted molar refractivity (Wildman–Crippen MR) is 71.6 cm³/mol. The summed E-state index contributed by atoms with van der Waals surface area (Å²) in [5, 5.41) is 2.23. The molecule has 1 aromatic carbocycles. The summed E-state index contributed by atoms with van der Waals surface area (Å²) in [6.07, 6.45) is 2.08. The highest BCUT2D eigenvalue weighted by atomic mass is 35.7. The Hall–Kier alpha value is -2.06. The third kappa shape index (κ3) is 3.53. The Morgan fingerprint density at radius 3 is 2.48 bits per heavy atom. The standard InChI is InChI=1S/C12H7ClF2N2O3S/c13-21(19,20)11-2-1-7(5-9(11)14)17-12(18)8-3-4-16-6-10(8)15/h1-6H,(H,17,18). The number of benzene rings is 1. The van der Waals surface area contributed by atoms with Crippen LogP contribution in [-0.2, 0) is 9.05 Å². The molecule has 0 saturated heterocycles. The van der Waals surface area contributed by atoms with Crippen LogP contribution >= 0.6 is 10.7 Å². The van der Waals surface area contributed by atoms with Gasteiger partial charge in [-0.15, -0.1) is 0 Å². The van der Waals surface area contributed by atoms with Crippen LogP contribution in [0.2, 0.25) is 0 Å². The Morgan fingerprint density at radius 1 is 1.19 bits per heavy atom. The zero-order chi connectivity index (χ0) is 15.6. The maximum absolute atomic E-state index is 13.6. The van der Waals surface area contributed by atoms with Crippen LogP contribution in [0.4, 0.5) is 14.5 Å². The van der Waals surface area contributed by atoms with E-state index in [1.54, 1.807) is 0 Å². The van der Waals surface area contributed by atoms with E-state index in [1.807, 2.05) is 0 Å². The molecule has 2 rings (SSSR count). The third-order valence-corrected chi connectivity index (χ3v) is 3.82. The summed E-state index contributed by atoms with van der Waals surface area (Å²) in [4.78, 5) is 14.6. The Balaban J connectivity index is 2.27. The predicted octanol–water partition coefficient (Wildman–Crippen LogP) is 2.54. The molecule has 1 amide bonds. The molecule has 21 heavy (non-hydrogen) atoms. The summed E-state index contributed by atoms with van der Waals surface area (Å²) in [6.45, 7) is 0. The molecule has 0 aliphatic carbocycles. The third-order valence-electron chi connectivity index (χ3n) is 2.47. The normalized spacial score (nSPS) is 11.2. The first-order valence-electron chi connectivity index (χ1n) is 5.44. The van der Waals surface area contributed by atoms with Crippen molar-refractivity contribution < 1.29 is 22.0 Å². The molecule has 0 aliphatic heterocycles. The highest BCUT2D eigenvalue weighted by Gasteiger charge is 2.17. The van der Waals surface area contributed by atoms with Gasteiger partial charge in [-0.1, -0.05) is 0 Å². The molecule has 1 heterocycles. The van der Waals surface area contributed by atoms with Crippen molar-refractivity contribution in [3.05, 3.63) is 53.9 Å². The van der Waals surface area contributed by atoms with Gasteiger partial charge in [0.2, 0.25) is 0 Å². The molecule has 2 aromatic rings. The maximum Gasteiger partial charge on any atom is 0.264 e. The molecule has 110 valence electrons. The van der Waals surface area contributed by atoms with Gasteiger partial charge in [-0.2, -0.15) is 0 Å². The molecule has 1 N–H and O–H groups in total. The number of carbonyl (C=O) groups is 1.